The highest BCUT2D eigenvalue weighted by Gasteiger charge is 2.04. The van der Waals surface area contributed by atoms with Gasteiger partial charge in [0.1, 0.15) is 0 Å². The summed E-state index contributed by atoms with van der Waals surface area (Å²) in [4.78, 5) is 23.4. The van der Waals surface area contributed by atoms with Crippen LogP contribution in [0, 0.1) is 0 Å². The molecule has 0 atom stereocenters. The van der Waals surface area contributed by atoms with E-state index in [2.05, 4.69) is 10.6 Å². The lowest BCUT2D eigenvalue weighted by Crippen LogP contribution is -2.18. The van der Waals surface area contributed by atoms with Gasteiger partial charge in [-0.1, -0.05) is 29.8 Å². The molecule has 0 unspecified atom stereocenters. The Morgan fingerprint density at radius 3 is 2.59 bits per heavy atom. The Bertz CT molecular complexity index is 726. The van der Waals surface area contributed by atoms with Crippen molar-refractivity contribution in [1.29, 1.82) is 0 Å². The summed E-state index contributed by atoms with van der Waals surface area (Å²) < 4.78 is 0. The first kappa shape index (κ1) is 15.8. The van der Waals surface area contributed by atoms with Crippen LogP contribution in [0.15, 0.2) is 54.6 Å². The van der Waals surface area contributed by atoms with Crippen LogP contribution in [0.25, 0.3) is 6.08 Å². The van der Waals surface area contributed by atoms with Gasteiger partial charge in [-0.3, -0.25) is 9.59 Å². The van der Waals surface area contributed by atoms with Crippen LogP contribution < -0.4 is 10.6 Å². The first-order valence-corrected chi connectivity index (χ1v) is 7.03. The average molecular weight is 315 g/mol. The van der Waals surface area contributed by atoms with E-state index in [9.17, 15) is 9.59 Å². The van der Waals surface area contributed by atoms with E-state index < -0.39 is 0 Å². The molecule has 112 valence electrons. The molecule has 0 aromatic heterocycles. The van der Waals surface area contributed by atoms with Crippen molar-refractivity contribution < 1.29 is 9.59 Å². The smallest absolute Gasteiger partial charge is 0.251 e. The lowest BCUT2D eigenvalue weighted by molar-refractivity contribution is -0.111. The van der Waals surface area contributed by atoms with Crippen molar-refractivity contribution in [3.05, 3.63) is 70.8 Å². The molecule has 2 rings (SSSR count). The maximum absolute atomic E-state index is 11.9. The summed E-state index contributed by atoms with van der Waals surface area (Å²) in [5, 5.41) is 5.85. The number of hydrogen-bond acceptors (Lipinski definition) is 2. The molecule has 4 nitrogen and oxygen atoms in total. The monoisotopic (exact) mass is 314 g/mol. The normalized spacial score (nSPS) is 10.5. The lowest BCUT2D eigenvalue weighted by atomic mass is 10.2. The average Bonchev–Trinajstić information content (AvgIpc) is 2.52. The number of anilines is 1. The van der Waals surface area contributed by atoms with E-state index in [-0.39, 0.29) is 11.8 Å². The standard InChI is InChI=1S/C17H15ClN2O2/c1-19-17(22)13-5-3-7-15(11-13)20-16(21)9-8-12-4-2-6-14(18)10-12/h2-11H,1H3,(H,19,22)(H,20,21)/b9-8+. The third-order valence-corrected chi connectivity index (χ3v) is 3.13. The zero-order valence-corrected chi connectivity index (χ0v) is 12.7. The number of rotatable bonds is 4. The Kier molecular flexibility index (Phi) is 5.33. The summed E-state index contributed by atoms with van der Waals surface area (Å²) in [6.07, 6.45) is 3.09. The van der Waals surface area contributed by atoms with Gasteiger partial charge < -0.3 is 10.6 Å². The van der Waals surface area contributed by atoms with Gasteiger partial charge >= 0.3 is 0 Å². The van der Waals surface area contributed by atoms with Crippen molar-refractivity contribution in [2.24, 2.45) is 0 Å². The summed E-state index contributed by atoms with van der Waals surface area (Å²) in [5.41, 5.74) is 1.88. The maximum atomic E-state index is 11.9. The van der Waals surface area contributed by atoms with Crippen LogP contribution in [0.1, 0.15) is 15.9 Å². The number of hydrogen-bond donors (Lipinski definition) is 2. The fourth-order valence-electron chi connectivity index (χ4n) is 1.85. The van der Waals surface area contributed by atoms with Gasteiger partial charge in [0.05, 0.1) is 0 Å². The highest BCUT2D eigenvalue weighted by atomic mass is 35.5. The van der Waals surface area contributed by atoms with E-state index in [0.717, 1.165) is 5.56 Å². The zero-order chi connectivity index (χ0) is 15.9. The number of carbonyl (C=O) groups is 2. The van der Waals surface area contributed by atoms with E-state index in [0.29, 0.717) is 16.3 Å². The Hall–Kier alpha value is -2.59. The van der Waals surface area contributed by atoms with Crippen LogP contribution in [0.5, 0.6) is 0 Å². The highest BCUT2D eigenvalue weighted by Crippen LogP contribution is 2.13. The predicted molar refractivity (Wildman–Crippen MR) is 88.9 cm³/mol. The van der Waals surface area contributed by atoms with Crippen molar-refractivity contribution in [3.8, 4) is 0 Å². The Labute approximate surface area is 133 Å². The summed E-state index contributed by atoms with van der Waals surface area (Å²) >= 11 is 5.88. The number of amides is 2. The molecule has 2 amide bonds. The topological polar surface area (TPSA) is 58.2 Å². The lowest BCUT2D eigenvalue weighted by Gasteiger charge is -2.05. The minimum absolute atomic E-state index is 0.203. The quantitative estimate of drug-likeness (QED) is 0.850. The van der Waals surface area contributed by atoms with Gasteiger partial charge in [0.25, 0.3) is 5.91 Å². The van der Waals surface area contributed by atoms with Gasteiger partial charge in [0.15, 0.2) is 0 Å². The number of carbonyl (C=O) groups excluding carboxylic acids is 2. The van der Waals surface area contributed by atoms with Crippen molar-refractivity contribution in [1.82, 2.24) is 5.32 Å². The van der Waals surface area contributed by atoms with E-state index in [4.69, 9.17) is 11.6 Å². The summed E-state index contributed by atoms with van der Waals surface area (Å²) in [6.45, 7) is 0. The van der Waals surface area contributed by atoms with Crippen LogP contribution in [0.2, 0.25) is 5.02 Å². The van der Waals surface area contributed by atoms with Crippen molar-refractivity contribution >= 4 is 35.2 Å². The van der Waals surface area contributed by atoms with Gasteiger partial charge in [-0.2, -0.15) is 0 Å². The summed E-state index contributed by atoms with van der Waals surface area (Å²) in [5.74, 6) is -0.486. The number of nitrogens with one attached hydrogen (secondary N) is 2. The molecule has 0 aliphatic rings. The minimum Gasteiger partial charge on any atom is -0.355 e. The SMILES string of the molecule is CNC(=O)c1cccc(NC(=O)/C=C/c2cccc(Cl)c2)c1. The first-order valence-electron chi connectivity index (χ1n) is 6.65. The Morgan fingerprint density at radius 2 is 1.86 bits per heavy atom. The zero-order valence-electron chi connectivity index (χ0n) is 12.0. The fraction of sp³-hybridized carbons (Fsp3) is 0.0588. The van der Waals surface area contributed by atoms with Crippen molar-refractivity contribution in [2.75, 3.05) is 12.4 Å². The Balaban J connectivity index is 2.04. The molecule has 2 aromatic rings. The van der Waals surface area contributed by atoms with E-state index in [1.54, 1.807) is 49.5 Å². The van der Waals surface area contributed by atoms with Crippen LogP contribution in [0.3, 0.4) is 0 Å². The summed E-state index contributed by atoms with van der Waals surface area (Å²) in [7, 11) is 1.56. The molecule has 0 spiro atoms. The van der Waals surface area contributed by atoms with E-state index in [1.807, 2.05) is 12.1 Å². The molecule has 2 N–H and O–H groups in total. The second-order valence-corrected chi connectivity index (χ2v) is 4.97. The largest absolute Gasteiger partial charge is 0.355 e. The number of benzene rings is 2. The van der Waals surface area contributed by atoms with Gasteiger partial charge in [-0.15, -0.1) is 0 Å². The highest BCUT2D eigenvalue weighted by molar-refractivity contribution is 6.30. The van der Waals surface area contributed by atoms with E-state index in [1.165, 1.54) is 6.08 Å². The predicted octanol–water partition coefficient (Wildman–Crippen LogP) is 3.35. The molecule has 22 heavy (non-hydrogen) atoms. The Morgan fingerprint density at radius 1 is 1.09 bits per heavy atom. The molecule has 0 aliphatic heterocycles. The third kappa shape index (κ3) is 4.46. The molecule has 0 saturated heterocycles. The van der Waals surface area contributed by atoms with Crippen molar-refractivity contribution in [3.63, 3.8) is 0 Å². The molecule has 0 saturated carbocycles. The van der Waals surface area contributed by atoms with Crippen LogP contribution in [-0.4, -0.2) is 18.9 Å². The molecule has 0 heterocycles. The molecule has 5 heteroatoms. The minimum atomic E-state index is -0.283. The van der Waals surface area contributed by atoms with Gasteiger partial charge in [-0.05, 0) is 42.0 Å². The number of halogens is 1. The first-order chi connectivity index (χ1) is 10.6. The third-order valence-electron chi connectivity index (χ3n) is 2.90. The second-order valence-electron chi connectivity index (χ2n) is 4.54. The van der Waals surface area contributed by atoms with Crippen LogP contribution in [0.4, 0.5) is 5.69 Å². The fourth-order valence-corrected chi connectivity index (χ4v) is 2.05. The van der Waals surface area contributed by atoms with Crippen LogP contribution in [-0.2, 0) is 4.79 Å². The summed E-state index contributed by atoms with van der Waals surface area (Å²) in [6, 6.07) is 13.9. The van der Waals surface area contributed by atoms with Gasteiger partial charge in [0, 0.05) is 29.4 Å². The van der Waals surface area contributed by atoms with E-state index >= 15 is 0 Å². The molecule has 0 radical (unpaired) electrons. The molecule has 0 fully saturated rings. The molecular weight excluding hydrogens is 300 g/mol. The van der Waals surface area contributed by atoms with Gasteiger partial charge in [0.2, 0.25) is 5.91 Å². The second kappa shape index (κ2) is 7.43. The van der Waals surface area contributed by atoms with Crippen LogP contribution >= 0.6 is 11.6 Å². The molecule has 2 aromatic carbocycles. The maximum Gasteiger partial charge on any atom is 0.251 e. The van der Waals surface area contributed by atoms with Crippen molar-refractivity contribution in [2.45, 2.75) is 0 Å². The van der Waals surface area contributed by atoms with Gasteiger partial charge in [-0.25, -0.2) is 0 Å². The molecular formula is C17H15ClN2O2. The molecule has 0 bridgehead atoms. The molecule has 0 aliphatic carbocycles.